The Bertz CT molecular complexity index is 354. The second-order valence-electron chi connectivity index (χ2n) is 6.00. The normalized spacial score (nSPS) is 23.7. The van der Waals surface area contributed by atoms with Crippen LogP contribution in [-0.2, 0) is 9.53 Å². The molecular weight excluding hydrogens is 296 g/mol. The number of carbonyl (C=O) groups is 2. The van der Waals surface area contributed by atoms with E-state index in [2.05, 4.69) is 25.7 Å². The summed E-state index contributed by atoms with van der Waals surface area (Å²) in [7, 11) is 3.42. The van der Waals surface area contributed by atoms with Crippen molar-refractivity contribution < 1.29 is 14.3 Å². The van der Waals surface area contributed by atoms with Crippen LogP contribution >= 0.6 is 0 Å². The molecule has 0 aromatic rings. The molecule has 4 N–H and O–H groups in total. The zero-order valence-electron chi connectivity index (χ0n) is 15.2. The van der Waals surface area contributed by atoms with Gasteiger partial charge in [-0.15, -0.1) is 0 Å². The average Bonchev–Trinajstić information content (AvgIpc) is 2.50. The van der Waals surface area contributed by atoms with Crippen LogP contribution in [-0.4, -0.2) is 67.7 Å². The van der Waals surface area contributed by atoms with Gasteiger partial charge in [-0.1, -0.05) is 20.8 Å². The molecule has 23 heavy (non-hydrogen) atoms. The number of nitrogens with two attached hydrogens (primary N) is 2. The third kappa shape index (κ3) is 8.18. The van der Waals surface area contributed by atoms with Crippen LogP contribution in [0.3, 0.4) is 0 Å². The molecule has 0 aromatic heterocycles. The highest BCUT2D eigenvalue weighted by molar-refractivity contribution is 5.78. The molecule has 1 aliphatic carbocycles. The Kier molecular flexibility index (Phi) is 10.6. The number of primary amides is 1. The lowest BCUT2D eigenvalue weighted by Gasteiger charge is -2.33. The molecule has 2 amide bonds. The van der Waals surface area contributed by atoms with Crippen LogP contribution in [0.4, 0.5) is 4.79 Å². The number of hydrogen-bond acceptors (Lipinski definition) is 5. The van der Waals surface area contributed by atoms with Gasteiger partial charge >= 0.3 is 6.09 Å². The van der Waals surface area contributed by atoms with Crippen LogP contribution < -0.4 is 11.5 Å². The zero-order valence-corrected chi connectivity index (χ0v) is 15.2. The number of nitrogens with zero attached hydrogens (tertiary/aromatic N) is 2. The van der Waals surface area contributed by atoms with Gasteiger partial charge in [0.2, 0.25) is 5.91 Å². The van der Waals surface area contributed by atoms with Gasteiger partial charge in [0.1, 0.15) is 6.10 Å². The maximum Gasteiger partial charge on any atom is 0.404 e. The van der Waals surface area contributed by atoms with Gasteiger partial charge in [0.25, 0.3) is 0 Å². The highest BCUT2D eigenvalue weighted by atomic mass is 16.6. The van der Waals surface area contributed by atoms with Crippen molar-refractivity contribution in [2.24, 2.45) is 17.4 Å². The van der Waals surface area contributed by atoms with Crippen molar-refractivity contribution in [3.63, 3.8) is 0 Å². The Morgan fingerprint density at radius 1 is 1.09 bits per heavy atom. The Morgan fingerprint density at radius 2 is 1.61 bits per heavy atom. The first-order chi connectivity index (χ1) is 10.8. The lowest BCUT2D eigenvalue weighted by molar-refractivity contribution is -0.135. The third-order valence-electron chi connectivity index (χ3n) is 4.24. The summed E-state index contributed by atoms with van der Waals surface area (Å²) in [4.78, 5) is 26.3. The fraction of sp³-hybridized carbons (Fsp3) is 0.875. The van der Waals surface area contributed by atoms with Crippen molar-refractivity contribution in [3.05, 3.63) is 0 Å². The van der Waals surface area contributed by atoms with Crippen molar-refractivity contribution in [1.82, 2.24) is 9.80 Å². The summed E-state index contributed by atoms with van der Waals surface area (Å²) < 4.78 is 4.91. The molecule has 3 atom stereocenters. The predicted octanol–water partition coefficient (Wildman–Crippen LogP) is 1.01. The van der Waals surface area contributed by atoms with Gasteiger partial charge in [-0.3, -0.25) is 4.79 Å². The van der Waals surface area contributed by atoms with E-state index in [-0.39, 0.29) is 17.9 Å². The quantitative estimate of drug-likeness (QED) is 0.783. The Hall–Kier alpha value is -1.34. The first kappa shape index (κ1) is 21.7. The molecule has 0 unspecified atom stereocenters. The van der Waals surface area contributed by atoms with E-state index in [1.807, 2.05) is 0 Å². The standard InChI is InChI=1S/C10H19N3O3.C6H15N/c1-13(2)9(14)6-3-4-7(11)8(5-6)16-10(12)15;1-4-7(5-2)6-3/h6-8H,3-5,11H2,1-2H3,(H2,12,15);4-6H2,1-3H3/t6-,7-,8+;/m0./s1. The zero-order chi connectivity index (χ0) is 18.0. The number of rotatable bonds is 5. The molecule has 0 saturated heterocycles. The second-order valence-corrected chi connectivity index (χ2v) is 6.00. The van der Waals surface area contributed by atoms with Crippen LogP contribution in [0.5, 0.6) is 0 Å². The molecule has 0 heterocycles. The number of ether oxygens (including phenoxy) is 1. The molecule has 0 spiro atoms. The molecule has 1 fully saturated rings. The van der Waals surface area contributed by atoms with Crippen LogP contribution in [0.15, 0.2) is 0 Å². The van der Waals surface area contributed by atoms with Gasteiger partial charge in [-0.2, -0.15) is 0 Å². The van der Waals surface area contributed by atoms with E-state index in [1.165, 1.54) is 19.6 Å². The molecular formula is C16H34N4O3. The van der Waals surface area contributed by atoms with E-state index in [0.29, 0.717) is 12.8 Å². The maximum absolute atomic E-state index is 11.7. The summed E-state index contributed by atoms with van der Waals surface area (Å²) >= 11 is 0. The fourth-order valence-electron chi connectivity index (χ4n) is 2.70. The van der Waals surface area contributed by atoms with Crippen LogP contribution in [0.1, 0.15) is 40.0 Å². The Balaban J connectivity index is 0.000000585. The summed E-state index contributed by atoms with van der Waals surface area (Å²) in [5.41, 5.74) is 10.8. The molecule has 0 aliphatic heterocycles. The lowest BCUT2D eigenvalue weighted by Crippen LogP contribution is -2.47. The Labute approximate surface area is 140 Å². The van der Waals surface area contributed by atoms with E-state index in [1.54, 1.807) is 19.0 Å². The number of carbonyl (C=O) groups excluding carboxylic acids is 2. The minimum absolute atomic E-state index is 0.0463. The maximum atomic E-state index is 11.7. The molecule has 1 rings (SSSR count). The molecule has 0 aromatic carbocycles. The summed E-state index contributed by atoms with van der Waals surface area (Å²) in [6, 6.07) is -0.223. The first-order valence-corrected chi connectivity index (χ1v) is 8.41. The van der Waals surface area contributed by atoms with Crippen LogP contribution in [0.2, 0.25) is 0 Å². The van der Waals surface area contributed by atoms with Gasteiger partial charge < -0.3 is 26.0 Å². The number of amides is 2. The van der Waals surface area contributed by atoms with Gasteiger partial charge in [-0.05, 0) is 38.9 Å². The average molecular weight is 330 g/mol. The van der Waals surface area contributed by atoms with E-state index >= 15 is 0 Å². The van der Waals surface area contributed by atoms with Crippen molar-refractivity contribution in [1.29, 1.82) is 0 Å². The molecule has 1 saturated carbocycles. The monoisotopic (exact) mass is 330 g/mol. The largest absolute Gasteiger partial charge is 0.445 e. The van der Waals surface area contributed by atoms with Crippen molar-refractivity contribution >= 4 is 12.0 Å². The highest BCUT2D eigenvalue weighted by Gasteiger charge is 2.34. The molecule has 136 valence electrons. The third-order valence-corrected chi connectivity index (χ3v) is 4.24. The summed E-state index contributed by atoms with van der Waals surface area (Å²) in [5.74, 6) is -0.0795. The summed E-state index contributed by atoms with van der Waals surface area (Å²) in [5, 5.41) is 0. The van der Waals surface area contributed by atoms with Crippen molar-refractivity contribution in [2.45, 2.75) is 52.2 Å². The molecule has 1 aliphatic rings. The Morgan fingerprint density at radius 3 is 1.96 bits per heavy atom. The van der Waals surface area contributed by atoms with E-state index in [4.69, 9.17) is 16.2 Å². The van der Waals surface area contributed by atoms with Crippen LogP contribution in [0.25, 0.3) is 0 Å². The minimum Gasteiger partial charge on any atom is -0.445 e. The minimum atomic E-state index is -0.835. The molecule has 7 nitrogen and oxygen atoms in total. The summed E-state index contributed by atoms with van der Waals surface area (Å²) in [6.07, 6.45) is 0.582. The van der Waals surface area contributed by atoms with Crippen molar-refractivity contribution in [2.75, 3.05) is 33.7 Å². The summed E-state index contributed by atoms with van der Waals surface area (Å²) in [6.45, 7) is 10.1. The van der Waals surface area contributed by atoms with E-state index < -0.39 is 12.2 Å². The van der Waals surface area contributed by atoms with Crippen LogP contribution in [0, 0.1) is 5.92 Å². The van der Waals surface area contributed by atoms with Crippen molar-refractivity contribution in [3.8, 4) is 0 Å². The van der Waals surface area contributed by atoms with Gasteiger partial charge in [-0.25, -0.2) is 4.79 Å². The molecule has 0 bridgehead atoms. The number of hydrogen-bond donors (Lipinski definition) is 2. The van der Waals surface area contributed by atoms with E-state index in [9.17, 15) is 9.59 Å². The second kappa shape index (κ2) is 11.2. The fourth-order valence-corrected chi connectivity index (χ4v) is 2.70. The van der Waals surface area contributed by atoms with E-state index in [0.717, 1.165) is 6.42 Å². The van der Waals surface area contributed by atoms with Gasteiger partial charge in [0, 0.05) is 26.1 Å². The molecule has 0 radical (unpaired) electrons. The SMILES string of the molecule is CCN(CC)CC.CN(C)C(=O)[C@H]1CC[C@H](N)[C@H](OC(N)=O)C1. The lowest BCUT2D eigenvalue weighted by atomic mass is 9.83. The first-order valence-electron chi connectivity index (χ1n) is 8.41. The smallest absolute Gasteiger partial charge is 0.404 e. The topological polar surface area (TPSA) is 102 Å². The molecule has 7 heteroatoms. The highest BCUT2D eigenvalue weighted by Crippen LogP contribution is 2.26. The predicted molar refractivity (Wildman–Crippen MR) is 91.9 cm³/mol. The van der Waals surface area contributed by atoms with Gasteiger partial charge in [0.05, 0.1) is 0 Å². The van der Waals surface area contributed by atoms with Gasteiger partial charge in [0.15, 0.2) is 0 Å².